The maximum Gasteiger partial charge on any atom is 0.236 e. The van der Waals surface area contributed by atoms with Crippen molar-refractivity contribution in [3.63, 3.8) is 0 Å². The van der Waals surface area contributed by atoms with Crippen molar-refractivity contribution in [3.8, 4) is 0 Å². The van der Waals surface area contributed by atoms with Crippen LogP contribution < -0.4 is 4.72 Å². The van der Waals surface area contributed by atoms with Gasteiger partial charge in [0.05, 0.1) is 16.9 Å². The van der Waals surface area contributed by atoms with E-state index in [2.05, 4.69) is 4.72 Å². The van der Waals surface area contributed by atoms with E-state index in [-0.39, 0.29) is 17.1 Å². The van der Waals surface area contributed by atoms with Crippen molar-refractivity contribution in [1.29, 1.82) is 0 Å². The van der Waals surface area contributed by atoms with E-state index in [1.54, 1.807) is 18.2 Å². The quantitative estimate of drug-likeness (QED) is 0.904. The molecule has 21 heavy (non-hydrogen) atoms. The van der Waals surface area contributed by atoms with Gasteiger partial charge in [-0.3, -0.25) is 0 Å². The maximum atomic E-state index is 13.9. The number of benzene rings is 1. The van der Waals surface area contributed by atoms with Crippen molar-refractivity contribution in [2.45, 2.75) is 18.9 Å². The van der Waals surface area contributed by atoms with Gasteiger partial charge in [-0.2, -0.15) is 0 Å². The lowest BCUT2D eigenvalue weighted by molar-refractivity contribution is 0.521. The van der Waals surface area contributed by atoms with E-state index in [4.69, 9.17) is 0 Å². The second kappa shape index (κ2) is 6.25. The standard InChI is InChI=1S/C13H16FNO4S2/c14-13(11-5-2-1-3-6-11)10-21(18,19)15-12-7-4-8-20(16,17)9-12/h1-3,5-6,10,12,15H,4,7-9H2/b13-10-. The van der Waals surface area contributed by atoms with Gasteiger partial charge in [-0.05, 0) is 12.8 Å². The van der Waals surface area contributed by atoms with Crippen LogP contribution in [0.3, 0.4) is 0 Å². The first-order valence-electron chi connectivity index (χ1n) is 6.43. The van der Waals surface area contributed by atoms with Gasteiger partial charge in [0.2, 0.25) is 10.0 Å². The van der Waals surface area contributed by atoms with Crippen molar-refractivity contribution >= 4 is 25.7 Å². The first kappa shape index (κ1) is 16.1. The van der Waals surface area contributed by atoms with Gasteiger partial charge in [0.1, 0.15) is 5.83 Å². The van der Waals surface area contributed by atoms with Gasteiger partial charge in [-0.1, -0.05) is 30.3 Å². The number of hydrogen-bond acceptors (Lipinski definition) is 4. The molecule has 0 aromatic heterocycles. The van der Waals surface area contributed by atoms with Crippen LogP contribution in [0.4, 0.5) is 4.39 Å². The Morgan fingerprint density at radius 2 is 1.95 bits per heavy atom. The van der Waals surface area contributed by atoms with E-state index in [1.807, 2.05) is 0 Å². The molecule has 1 atom stereocenters. The summed E-state index contributed by atoms with van der Waals surface area (Å²) in [5, 5.41) is 0.490. The van der Waals surface area contributed by atoms with Crippen molar-refractivity contribution in [2.24, 2.45) is 0 Å². The second-order valence-corrected chi connectivity index (χ2v) is 8.74. The predicted octanol–water partition coefficient (Wildman–Crippen LogP) is 1.45. The zero-order valence-electron chi connectivity index (χ0n) is 11.2. The lowest BCUT2D eigenvalue weighted by Crippen LogP contribution is -2.42. The minimum absolute atomic E-state index is 0.0689. The Morgan fingerprint density at radius 3 is 2.57 bits per heavy atom. The van der Waals surface area contributed by atoms with Gasteiger partial charge >= 0.3 is 0 Å². The molecule has 1 fully saturated rings. The predicted molar refractivity (Wildman–Crippen MR) is 79.3 cm³/mol. The number of hydrogen-bond donors (Lipinski definition) is 1. The van der Waals surface area contributed by atoms with Crippen molar-refractivity contribution in [2.75, 3.05) is 11.5 Å². The Kier molecular flexibility index (Phi) is 4.80. The molecule has 0 spiro atoms. The van der Waals surface area contributed by atoms with Gasteiger partial charge in [0.15, 0.2) is 9.84 Å². The normalized spacial score (nSPS) is 22.9. The molecule has 1 unspecified atom stereocenters. The number of sulfonamides is 1. The highest BCUT2D eigenvalue weighted by Gasteiger charge is 2.27. The molecule has 1 aliphatic rings. The fourth-order valence-corrected chi connectivity index (χ4v) is 5.07. The second-order valence-electron chi connectivity index (χ2n) is 4.95. The first-order valence-corrected chi connectivity index (χ1v) is 9.80. The van der Waals surface area contributed by atoms with E-state index >= 15 is 0 Å². The highest BCUT2D eigenvalue weighted by Crippen LogP contribution is 2.18. The molecule has 1 heterocycles. The maximum absolute atomic E-state index is 13.9. The topological polar surface area (TPSA) is 80.3 Å². The van der Waals surface area contributed by atoms with Crippen LogP contribution in [0.1, 0.15) is 18.4 Å². The zero-order valence-corrected chi connectivity index (χ0v) is 12.8. The first-order chi connectivity index (χ1) is 9.77. The molecular weight excluding hydrogens is 317 g/mol. The van der Waals surface area contributed by atoms with Crippen LogP contribution in [0.15, 0.2) is 35.7 Å². The zero-order chi connectivity index (χ0) is 15.5. The summed E-state index contributed by atoms with van der Waals surface area (Å²) in [7, 11) is -7.26. The number of nitrogens with one attached hydrogen (secondary N) is 1. The third-order valence-corrected chi connectivity index (χ3v) is 6.10. The van der Waals surface area contributed by atoms with Gasteiger partial charge in [0, 0.05) is 11.6 Å². The molecule has 1 saturated heterocycles. The highest BCUT2D eigenvalue weighted by molar-refractivity contribution is 7.93. The van der Waals surface area contributed by atoms with Gasteiger partial charge in [-0.25, -0.2) is 25.9 Å². The third kappa shape index (κ3) is 4.90. The molecule has 1 N–H and O–H groups in total. The van der Waals surface area contributed by atoms with Gasteiger partial charge in [-0.15, -0.1) is 0 Å². The Morgan fingerprint density at radius 1 is 1.29 bits per heavy atom. The Hall–Kier alpha value is -1.25. The highest BCUT2D eigenvalue weighted by atomic mass is 32.2. The Balaban J connectivity index is 2.12. The smallest absolute Gasteiger partial charge is 0.229 e. The van der Waals surface area contributed by atoms with E-state index in [0.717, 1.165) is 0 Å². The van der Waals surface area contributed by atoms with Crippen LogP contribution in [-0.2, 0) is 19.9 Å². The molecule has 0 radical (unpaired) electrons. The van der Waals surface area contributed by atoms with Crippen LogP contribution in [0.25, 0.3) is 5.83 Å². The fraction of sp³-hybridized carbons (Fsp3) is 0.385. The average molecular weight is 333 g/mol. The Bertz CT molecular complexity index is 727. The molecule has 1 aromatic carbocycles. The summed E-state index contributed by atoms with van der Waals surface area (Å²) >= 11 is 0. The number of rotatable bonds is 4. The fourth-order valence-electron chi connectivity index (χ4n) is 2.18. The largest absolute Gasteiger partial charge is 0.236 e. The molecule has 0 saturated carbocycles. The van der Waals surface area contributed by atoms with E-state index in [1.165, 1.54) is 12.1 Å². The molecule has 8 heteroatoms. The van der Waals surface area contributed by atoms with Crippen molar-refractivity contribution in [1.82, 2.24) is 4.72 Å². The Labute approximate surface area is 123 Å². The molecule has 1 aromatic rings. The van der Waals surface area contributed by atoms with Gasteiger partial charge < -0.3 is 0 Å². The summed E-state index contributed by atoms with van der Waals surface area (Å²) in [6.45, 7) is 0. The third-order valence-electron chi connectivity index (χ3n) is 3.10. The van der Waals surface area contributed by atoms with Crippen molar-refractivity contribution < 1.29 is 21.2 Å². The van der Waals surface area contributed by atoms with Crippen LogP contribution in [0, 0.1) is 0 Å². The van der Waals surface area contributed by atoms with E-state index in [9.17, 15) is 21.2 Å². The summed E-state index contributed by atoms with van der Waals surface area (Å²) < 4.78 is 62.8. The van der Waals surface area contributed by atoms with Crippen LogP contribution in [-0.4, -0.2) is 34.4 Å². The summed E-state index contributed by atoms with van der Waals surface area (Å²) in [5.74, 6) is -1.06. The van der Waals surface area contributed by atoms with Gasteiger partial charge in [0.25, 0.3) is 0 Å². The molecule has 1 aliphatic heterocycles. The SMILES string of the molecule is O=S1(=O)CCCC(NS(=O)(=O)/C=C(\F)c2ccccc2)C1. The van der Waals surface area contributed by atoms with E-state index in [0.29, 0.717) is 18.2 Å². The monoisotopic (exact) mass is 333 g/mol. The molecular formula is C13H16FNO4S2. The summed E-state index contributed by atoms with van der Waals surface area (Å²) in [5.41, 5.74) is 0.152. The molecule has 0 aliphatic carbocycles. The molecule has 2 rings (SSSR count). The molecule has 0 amide bonds. The minimum Gasteiger partial charge on any atom is -0.229 e. The average Bonchev–Trinajstić information content (AvgIpc) is 2.37. The molecule has 0 bridgehead atoms. The van der Waals surface area contributed by atoms with Crippen LogP contribution in [0.2, 0.25) is 0 Å². The van der Waals surface area contributed by atoms with E-state index < -0.39 is 31.7 Å². The minimum atomic E-state index is -4.03. The summed E-state index contributed by atoms with van der Waals surface area (Å²) in [6.07, 6.45) is 0.833. The van der Waals surface area contributed by atoms with Crippen LogP contribution >= 0.6 is 0 Å². The lowest BCUT2D eigenvalue weighted by Gasteiger charge is -2.21. The van der Waals surface area contributed by atoms with Crippen molar-refractivity contribution in [3.05, 3.63) is 41.3 Å². The molecule has 116 valence electrons. The lowest BCUT2D eigenvalue weighted by atomic mass is 10.2. The number of sulfone groups is 1. The van der Waals surface area contributed by atoms with Crippen LogP contribution in [0.5, 0.6) is 0 Å². The molecule has 5 nitrogen and oxygen atoms in total. The summed E-state index contributed by atoms with van der Waals surface area (Å²) in [4.78, 5) is 0. The summed E-state index contributed by atoms with van der Waals surface area (Å²) in [6, 6.07) is 7.08. The number of halogens is 1.